The maximum atomic E-state index is 12.1. The number of nitrogens with one attached hydrogen (secondary N) is 1. The molecule has 0 aromatic heterocycles. The van der Waals surface area contributed by atoms with E-state index in [-0.39, 0.29) is 17.5 Å². The molecule has 0 spiro atoms. The van der Waals surface area contributed by atoms with Crippen LogP contribution in [0.1, 0.15) is 12.5 Å². The first-order chi connectivity index (χ1) is 8.40. The quantitative estimate of drug-likeness (QED) is 0.849. The lowest BCUT2D eigenvalue weighted by atomic mass is 10.2. The monoisotopic (exact) mass is 273 g/mol. The lowest BCUT2D eigenvalue weighted by molar-refractivity contribution is 0.122. The summed E-state index contributed by atoms with van der Waals surface area (Å²) in [6, 6.07) is 5.03. The van der Waals surface area contributed by atoms with Gasteiger partial charge in [0.25, 0.3) is 0 Å². The average molecular weight is 273 g/mol. The molecule has 1 aromatic carbocycles. The number of sulfonamides is 1. The highest BCUT2D eigenvalue weighted by molar-refractivity contribution is 7.89. The zero-order chi connectivity index (χ0) is 13.8. The van der Waals surface area contributed by atoms with Crippen LogP contribution in [0.15, 0.2) is 23.1 Å². The topological polar surface area (TPSA) is 64.6 Å². The van der Waals surface area contributed by atoms with Crippen LogP contribution in [0.4, 0.5) is 0 Å². The standard InChI is InChI=1S/C12H19NO4S/c1-9-5-6-11(17-4)12(7-9)18(14,15)13-8-10(2)16-3/h5-7,10,13H,8H2,1-4H3. The Bertz CT molecular complexity index is 499. The van der Waals surface area contributed by atoms with Gasteiger partial charge < -0.3 is 9.47 Å². The minimum atomic E-state index is -3.59. The molecule has 6 heteroatoms. The van der Waals surface area contributed by atoms with Crippen LogP contribution >= 0.6 is 0 Å². The van der Waals surface area contributed by atoms with Crippen molar-refractivity contribution in [2.75, 3.05) is 20.8 Å². The molecule has 0 bridgehead atoms. The zero-order valence-corrected chi connectivity index (χ0v) is 11.9. The molecule has 18 heavy (non-hydrogen) atoms. The van der Waals surface area contributed by atoms with Crippen molar-refractivity contribution >= 4 is 10.0 Å². The number of hydrogen-bond acceptors (Lipinski definition) is 4. The molecule has 1 N–H and O–H groups in total. The fourth-order valence-corrected chi connectivity index (χ4v) is 2.75. The predicted molar refractivity (Wildman–Crippen MR) is 69.4 cm³/mol. The van der Waals surface area contributed by atoms with Crippen LogP contribution in [0.3, 0.4) is 0 Å². The Morgan fingerprint density at radius 1 is 1.33 bits per heavy atom. The third-order valence-electron chi connectivity index (χ3n) is 2.57. The van der Waals surface area contributed by atoms with E-state index in [0.29, 0.717) is 5.75 Å². The zero-order valence-electron chi connectivity index (χ0n) is 11.1. The summed E-state index contributed by atoms with van der Waals surface area (Å²) in [5.74, 6) is 0.332. The van der Waals surface area contributed by atoms with E-state index in [0.717, 1.165) is 5.56 Å². The van der Waals surface area contributed by atoms with Crippen LogP contribution < -0.4 is 9.46 Å². The molecular formula is C12H19NO4S. The molecule has 0 saturated heterocycles. The Balaban J connectivity index is 3.00. The van der Waals surface area contributed by atoms with Crippen LogP contribution in [-0.2, 0) is 14.8 Å². The van der Waals surface area contributed by atoms with E-state index >= 15 is 0 Å². The minimum absolute atomic E-state index is 0.147. The SMILES string of the molecule is COc1ccc(C)cc1S(=O)(=O)NCC(C)OC. The molecule has 102 valence electrons. The number of ether oxygens (including phenoxy) is 2. The minimum Gasteiger partial charge on any atom is -0.495 e. The van der Waals surface area contributed by atoms with Gasteiger partial charge in [-0.25, -0.2) is 13.1 Å². The van der Waals surface area contributed by atoms with Gasteiger partial charge in [-0.15, -0.1) is 0 Å². The van der Waals surface area contributed by atoms with Gasteiger partial charge in [0, 0.05) is 13.7 Å². The number of aryl methyl sites for hydroxylation is 1. The fraction of sp³-hybridized carbons (Fsp3) is 0.500. The molecule has 0 aliphatic carbocycles. The van der Waals surface area contributed by atoms with Crippen LogP contribution in [-0.4, -0.2) is 35.3 Å². The van der Waals surface area contributed by atoms with Gasteiger partial charge >= 0.3 is 0 Å². The summed E-state index contributed by atoms with van der Waals surface area (Å²) in [6.45, 7) is 3.84. The Morgan fingerprint density at radius 3 is 2.56 bits per heavy atom. The third kappa shape index (κ3) is 3.69. The van der Waals surface area contributed by atoms with Gasteiger partial charge in [0.2, 0.25) is 10.0 Å². The maximum absolute atomic E-state index is 12.1. The largest absolute Gasteiger partial charge is 0.495 e. The van der Waals surface area contributed by atoms with Crippen LogP contribution in [0.2, 0.25) is 0 Å². The first-order valence-corrected chi connectivity index (χ1v) is 7.06. The van der Waals surface area contributed by atoms with Crippen molar-refractivity contribution in [1.82, 2.24) is 4.72 Å². The summed E-state index contributed by atoms with van der Waals surface area (Å²) in [5.41, 5.74) is 0.857. The second kappa shape index (κ2) is 6.17. The van der Waals surface area contributed by atoms with Gasteiger partial charge in [-0.3, -0.25) is 0 Å². The van der Waals surface area contributed by atoms with Crippen LogP contribution in [0.25, 0.3) is 0 Å². The normalized spacial score (nSPS) is 13.3. The van der Waals surface area contributed by atoms with Crippen molar-refractivity contribution in [1.29, 1.82) is 0 Å². The van der Waals surface area contributed by atoms with Gasteiger partial charge in [0.1, 0.15) is 10.6 Å². The van der Waals surface area contributed by atoms with E-state index in [1.807, 2.05) is 6.92 Å². The molecule has 0 amide bonds. The van der Waals surface area contributed by atoms with Gasteiger partial charge in [-0.05, 0) is 31.5 Å². The molecule has 1 rings (SSSR count). The highest BCUT2D eigenvalue weighted by Crippen LogP contribution is 2.24. The Hall–Kier alpha value is -1.11. The second-order valence-electron chi connectivity index (χ2n) is 4.05. The molecule has 0 heterocycles. The number of benzene rings is 1. The van der Waals surface area contributed by atoms with Gasteiger partial charge in [-0.2, -0.15) is 0 Å². The second-order valence-corrected chi connectivity index (χ2v) is 5.79. The molecule has 0 aliphatic rings. The Morgan fingerprint density at radius 2 is 2.00 bits per heavy atom. The van der Waals surface area contributed by atoms with E-state index in [1.165, 1.54) is 14.2 Å². The molecule has 0 aliphatic heterocycles. The van der Waals surface area contributed by atoms with Crippen molar-refractivity contribution in [2.45, 2.75) is 24.8 Å². The van der Waals surface area contributed by atoms with E-state index in [4.69, 9.17) is 9.47 Å². The Labute approximate surface area is 108 Å². The summed E-state index contributed by atoms with van der Waals surface area (Å²) in [7, 11) is -0.606. The lowest BCUT2D eigenvalue weighted by Crippen LogP contribution is -2.31. The maximum Gasteiger partial charge on any atom is 0.244 e. The number of methoxy groups -OCH3 is 2. The van der Waals surface area contributed by atoms with Crippen molar-refractivity contribution in [3.63, 3.8) is 0 Å². The van der Waals surface area contributed by atoms with Crippen molar-refractivity contribution in [2.24, 2.45) is 0 Å². The molecular weight excluding hydrogens is 254 g/mol. The smallest absolute Gasteiger partial charge is 0.244 e. The number of hydrogen-bond donors (Lipinski definition) is 1. The van der Waals surface area contributed by atoms with Crippen LogP contribution in [0, 0.1) is 6.92 Å². The van der Waals surface area contributed by atoms with Gasteiger partial charge in [0.15, 0.2) is 0 Å². The van der Waals surface area contributed by atoms with Crippen molar-refractivity contribution in [3.8, 4) is 5.75 Å². The fourth-order valence-electron chi connectivity index (χ4n) is 1.38. The highest BCUT2D eigenvalue weighted by atomic mass is 32.2. The third-order valence-corrected chi connectivity index (χ3v) is 4.02. The van der Waals surface area contributed by atoms with E-state index in [9.17, 15) is 8.42 Å². The molecule has 0 radical (unpaired) electrons. The van der Waals surface area contributed by atoms with Crippen LogP contribution in [0.5, 0.6) is 5.75 Å². The highest BCUT2D eigenvalue weighted by Gasteiger charge is 2.20. The predicted octanol–water partition coefficient (Wildman–Crippen LogP) is 1.32. The van der Waals surface area contributed by atoms with Crippen molar-refractivity contribution < 1.29 is 17.9 Å². The van der Waals surface area contributed by atoms with E-state index in [1.54, 1.807) is 25.1 Å². The van der Waals surface area contributed by atoms with Crippen molar-refractivity contribution in [3.05, 3.63) is 23.8 Å². The molecule has 0 fully saturated rings. The lowest BCUT2D eigenvalue weighted by Gasteiger charge is -2.14. The summed E-state index contributed by atoms with van der Waals surface area (Å²) >= 11 is 0. The molecule has 1 unspecified atom stereocenters. The molecule has 1 atom stereocenters. The number of rotatable bonds is 6. The molecule has 5 nitrogen and oxygen atoms in total. The Kier molecular flexibility index (Phi) is 5.13. The summed E-state index contributed by atoms with van der Waals surface area (Å²) in [5, 5.41) is 0. The summed E-state index contributed by atoms with van der Waals surface area (Å²) < 4.78 is 36.8. The summed E-state index contributed by atoms with van der Waals surface area (Å²) in [4.78, 5) is 0.147. The van der Waals surface area contributed by atoms with Gasteiger partial charge in [0.05, 0.1) is 13.2 Å². The first kappa shape index (κ1) is 14.9. The molecule has 0 saturated carbocycles. The average Bonchev–Trinajstić information content (AvgIpc) is 2.36. The van der Waals surface area contributed by atoms with Gasteiger partial charge in [-0.1, -0.05) is 6.07 Å². The summed E-state index contributed by atoms with van der Waals surface area (Å²) in [6.07, 6.45) is -0.185. The first-order valence-electron chi connectivity index (χ1n) is 5.58. The van der Waals surface area contributed by atoms with E-state index in [2.05, 4.69) is 4.72 Å². The van der Waals surface area contributed by atoms with E-state index < -0.39 is 10.0 Å². The molecule has 1 aromatic rings.